The number of likely N-dealkylation sites (tertiary alicyclic amines) is 1. The Morgan fingerprint density at radius 1 is 0.575 bits per heavy atom. The molecule has 0 radical (unpaired) electrons. The molecular weight excluding hydrogens is 490 g/mol. The highest BCUT2D eigenvalue weighted by Gasteiger charge is 2.54. The van der Waals surface area contributed by atoms with E-state index in [2.05, 4.69) is 72.8 Å². The molecule has 1 aliphatic rings. The third kappa shape index (κ3) is 5.09. The van der Waals surface area contributed by atoms with Crippen molar-refractivity contribution in [3.8, 4) is 0 Å². The highest BCUT2D eigenvalue weighted by molar-refractivity contribution is 5.85. The van der Waals surface area contributed by atoms with Gasteiger partial charge in [0.1, 0.15) is 0 Å². The Hall–Kier alpha value is -4.47. The van der Waals surface area contributed by atoms with Crippen LogP contribution < -0.4 is 0 Å². The lowest BCUT2D eigenvalue weighted by atomic mass is 9.72. The molecule has 3 nitrogen and oxygen atoms in total. The molecule has 198 valence electrons. The molecule has 1 aliphatic heterocycles. The second-order valence-electron chi connectivity index (χ2n) is 10.6. The van der Waals surface area contributed by atoms with Crippen LogP contribution in [0.3, 0.4) is 0 Å². The summed E-state index contributed by atoms with van der Waals surface area (Å²) < 4.78 is 0. The highest BCUT2D eigenvalue weighted by atomic mass is 16.3. The van der Waals surface area contributed by atoms with E-state index >= 15 is 0 Å². The molecule has 3 heteroatoms. The topological polar surface area (TPSA) is 40.5 Å². The van der Waals surface area contributed by atoms with Gasteiger partial charge in [0.05, 0.1) is 18.1 Å². The van der Waals surface area contributed by atoms with Gasteiger partial charge < -0.3 is 10.0 Å². The Labute approximate surface area is 236 Å². The Bertz CT molecular complexity index is 1470. The quantitative estimate of drug-likeness (QED) is 0.231. The summed E-state index contributed by atoms with van der Waals surface area (Å²) in [5, 5.41) is 11.9. The van der Waals surface area contributed by atoms with Crippen LogP contribution in [-0.2, 0) is 11.3 Å². The minimum atomic E-state index is -0.936. The van der Waals surface area contributed by atoms with Crippen LogP contribution in [0.5, 0.6) is 0 Å². The lowest BCUT2D eigenvalue weighted by Crippen LogP contribution is -2.39. The summed E-state index contributed by atoms with van der Waals surface area (Å²) in [6.07, 6.45) is -0.936. The van der Waals surface area contributed by atoms with Crippen LogP contribution in [0.1, 0.15) is 45.8 Å². The van der Waals surface area contributed by atoms with Crippen LogP contribution in [0, 0.1) is 5.92 Å². The highest BCUT2D eigenvalue weighted by Crippen LogP contribution is 2.51. The summed E-state index contributed by atoms with van der Waals surface area (Å²) >= 11 is 0. The third-order valence-electron chi connectivity index (χ3n) is 8.20. The van der Waals surface area contributed by atoms with E-state index in [9.17, 15) is 9.90 Å². The zero-order valence-corrected chi connectivity index (χ0v) is 22.3. The van der Waals surface area contributed by atoms with Crippen molar-refractivity contribution in [2.24, 2.45) is 5.92 Å². The summed E-state index contributed by atoms with van der Waals surface area (Å²) in [4.78, 5) is 16.7. The van der Waals surface area contributed by atoms with E-state index in [1.165, 1.54) is 0 Å². The fraction of sp³-hybridized carbons (Fsp3) is 0.162. The monoisotopic (exact) mass is 523 g/mol. The molecule has 1 saturated heterocycles. The van der Waals surface area contributed by atoms with Crippen LogP contribution in [0.4, 0.5) is 0 Å². The number of nitrogens with zero attached hydrogens (tertiary/aromatic N) is 1. The molecule has 0 spiro atoms. The van der Waals surface area contributed by atoms with Gasteiger partial charge in [-0.1, -0.05) is 152 Å². The fourth-order valence-corrected chi connectivity index (χ4v) is 6.43. The zero-order valence-electron chi connectivity index (χ0n) is 22.3. The van der Waals surface area contributed by atoms with Gasteiger partial charge in [0, 0.05) is 18.4 Å². The first-order chi connectivity index (χ1) is 19.7. The molecule has 0 aromatic heterocycles. The van der Waals surface area contributed by atoms with Gasteiger partial charge in [-0.3, -0.25) is 4.79 Å². The van der Waals surface area contributed by atoms with Gasteiger partial charge in [-0.05, 0) is 27.8 Å². The average molecular weight is 524 g/mol. The Morgan fingerprint density at radius 2 is 1.00 bits per heavy atom. The van der Waals surface area contributed by atoms with Crippen molar-refractivity contribution < 1.29 is 9.90 Å². The Balaban J connectivity index is 1.57. The lowest BCUT2D eigenvalue weighted by Gasteiger charge is -2.36. The van der Waals surface area contributed by atoms with Crippen LogP contribution in [-0.4, -0.2) is 22.0 Å². The predicted molar refractivity (Wildman–Crippen MR) is 160 cm³/mol. The minimum Gasteiger partial charge on any atom is -0.388 e. The number of carbonyl (C=O) groups excluding carboxylic acids is 1. The third-order valence-corrected chi connectivity index (χ3v) is 8.20. The van der Waals surface area contributed by atoms with Crippen molar-refractivity contribution in [1.29, 1.82) is 0 Å². The summed E-state index contributed by atoms with van der Waals surface area (Å²) in [7, 11) is 0. The molecule has 0 unspecified atom stereocenters. The number of benzene rings is 5. The van der Waals surface area contributed by atoms with Gasteiger partial charge in [-0.15, -0.1) is 0 Å². The molecule has 6 rings (SSSR count). The van der Waals surface area contributed by atoms with Crippen molar-refractivity contribution >= 4 is 5.91 Å². The number of hydrogen-bond acceptors (Lipinski definition) is 2. The van der Waals surface area contributed by atoms with E-state index in [1.807, 2.05) is 83.8 Å². The van der Waals surface area contributed by atoms with E-state index < -0.39 is 12.0 Å². The van der Waals surface area contributed by atoms with Gasteiger partial charge in [0.15, 0.2) is 0 Å². The normalized spacial score (nSPS) is 19.6. The van der Waals surface area contributed by atoms with Gasteiger partial charge >= 0.3 is 0 Å². The number of carbonyl (C=O) groups is 1. The summed E-state index contributed by atoms with van der Waals surface area (Å²) in [5.74, 6) is -0.976. The first-order valence-corrected chi connectivity index (χ1v) is 13.9. The molecule has 1 N–H and O–H groups in total. The first-order valence-electron chi connectivity index (χ1n) is 13.9. The molecule has 1 heterocycles. The second-order valence-corrected chi connectivity index (χ2v) is 10.6. The molecule has 5 aromatic carbocycles. The average Bonchev–Trinajstić information content (AvgIpc) is 3.30. The van der Waals surface area contributed by atoms with Crippen LogP contribution in [0.25, 0.3) is 0 Å². The van der Waals surface area contributed by atoms with Gasteiger partial charge in [0.25, 0.3) is 0 Å². The molecule has 0 bridgehead atoms. The fourth-order valence-electron chi connectivity index (χ4n) is 6.43. The summed E-state index contributed by atoms with van der Waals surface area (Å²) in [5.41, 5.74) is 5.20. The number of aliphatic hydroxyl groups excluding tert-OH is 1. The van der Waals surface area contributed by atoms with E-state index in [0.717, 1.165) is 27.8 Å². The van der Waals surface area contributed by atoms with E-state index in [0.29, 0.717) is 6.54 Å². The largest absolute Gasteiger partial charge is 0.388 e. The molecule has 40 heavy (non-hydrogen) atoms. The van der Waals surface area contributed by atoms with Gasteiger partial charge in [0.2, 0.25) is 5.91 Å². The van der Waals surface area contributed by atoms with Gasteiger partial charge in [-0.2, -0.15) is 0 Å². The predicted octanol–water partition coefficient (Wildman–Crippen LogP) is 7.36. The number of rotatable bonds is 8. The van der Waals surface area contributed by atoms with Crippen LogP contribution >= 0.6 is 0 Å². The van der Waals surface area contributed by atoms with Crippen molar-refractivity contribution in [2.75, 3.05) is 0 Å². The number of hydrogen-bond donors (Lipinski definition) is 1. The minimum absolute atomic E-state index is 0.0177. The maximum atomic E-state index is 14.7. The smallest absolute Gasteiger partial charge is 0.229 e. The molecular formula is C37H33NO2. The Morgan fingerprint density at radius 3 is 1.50 bits per heavy atom. The molecule has 1 fully saturated rings. The molecule has 0 aliphatic carbocycles. The molecule has 4 atom stereocenters. The standard InChI is InChI=1S/C37H33NO2/c39-36(31-24-14-5-15-25-31)34-33(30-22-12-4-13-23-30)35(38(37(34)40)26-27-16-6-1-7-17-27)32(28-18-8-2-9-19-28)29-20-10-3-11-21-29/h1-25,32-36,39H,26H2/t33-,34+,35+,36-/m1/s1. The van der Waals surface area contributed by atoms with Crippen molar-refractivity contribution in [3.63, 3.8) is 0 Å². The molecule has 0 saturated carbocycles. The summed E-state index contributed by atoms with van der Waals surface area (Å²) in [6.45, 7) is 0.474. The zero-order chi connectivity index (χ0) is 27.3. The van der Waals surface area contributed by atoms with Crippen molar-refractivity contribution in [2.45, 2.75) is 30.5 Å². The maximum absolute atomic E-state index is 14.7. The second kappa shape index (κ2) is 11.7. The lowest BCUT2D eigenvalue weighted by molar-refractivity contribution is -0.135. The Kier molecular flexibility index (Phi) is 7.56. The van der Waals surface area contributed by atoms with Crippen molar-refractivity contribution in [3.05, 3.63) is 179 Å². The van der Waals surface area contributed by atoms with E-state index in [-0.39, 0.29) is 23.8 Å². The number of aliphatic hydroxyl groups is 1. The first kappa shape index (κ1) is 25.8. The number of amides is 1. The van der Waals surface area contributed by atoms with Crippen molar-refractivity contribution in [1.82, 2.24) is 4.90 Å². The maximum Gasteiger partial charge on any atom is 0.229 e. The van der Waals surface area contributed by atoms with Gasteiger partial charge in [-0.25, -0.2) is 0 Å². The van der Waals surface area contributed by atoms with Crippen LogP contribution in [0.2, 0.25) is 0 Å². The van der Waals surface area contributed by atoms with Crippen LogP contribution in [0.15, 0.2) is 152 Å². The molecule has 5 aromatic rings. The SMILES string of the molecule is O=C1[C@H]([C@H](O)c2ccccc2)[C@@H](c2ccccc2)[C@H](C(c2ccccc2)c2ccccc2)N1Cc1ccccc1. The van der Waals surface area contributed by atoms with E-state index in [1.54, 1.807) is 0 Å². The van der Waals surface area contributed by atoms with E-state index in [4.69, 9.17) is 0 Å². The summed E-state index contributed by atoms with van der Waals surface area (Å²) in [6, 6.07) is 50.8. The molecule has 1 amide bonds.